The molecular formula is C17H21N3. The molecule has 1 fully saturated rings. The van der Waals surface area contributed by atoms with Gasteiger partial charge in [0, 0.05) is 18.7 Å². The van der Waals surface area contributed by atoms with Gasteiger partial charge in [-0.3, -0.25) is 0 Å². The Morgan fingerprint density at radius 3 is 2.75 bits per heavy atom. The van der Waals surface area contributed by atoms with Gasteiger partial charge in [-0.05, 0) is 36.8 Å². The zero-order chi connectivity index (χ0) is 13.8. The van der Waals surface area contributed by atoms with E-state index in [1.807, 2.05) is 12.3 Å². The summed E-state index contributed by atoms with van der Waals surface area (Å²) in [6.45, 7) is 3.21. The summed E-state index contributed by atoms with van der Waals surface area (Å²) in [4.78, 5) is 8.92. The van der Waals surface area contributed by atoms with E-state index in [9.17, 15) is 0 Å². The lowest BCUT2D eigenvalue weighted by Crippen LogP contribution is -2.08. The van der Waals surface area contributed by atoms with E-state index in [0.29, 0.717) is 11.8 Å². The van der Waals surface area contributed by atoms with Gasteiger partial charge in [0.1, 0.15) is 11.6 Å². The van der Waals surface area contributed by atoms with Crippen molar-refractivity contribution in [3.8, 4) is 0 Å². The lowest BCUT2D eigenvalue weighted by atomic mass is 9.98. The van der Waals surface area contributed by atoms with Gasteiger partial charge in [-0.2, -0.15) is 0 Å². The van der Waals surface area contributed by atoms with Crippen molar-refractivity contribution in [2.75, 3.05) is 11.9 Å². The van der Waals surface area contributed by atoms with Crippen molar-refractivity contribution in [1.82, 2.24) is 9.97 Å². The van der Waals surface area contributed by atoms with E-state index in [-0.39, 0.29) is 0 Å². The number of nitrogens with one attached hydrogen (secondary N) is 1. The van der Waals surface area contributed by atoms with Crippen LogP contribution in [-0.4, -0.2) is 16.5 Å². The summed E-state index contributed by atoms with van der Waals surface area (Å²) in [7, 11) is 0. The van der Waals surface area contributed by atoms with Crippen molar-refractivity contribution in [1.29, 1.82) is 0 Å². The van der Waals surface area contributed by atoms with Gasteiger partial charge in [-0.1, -0.05) is 37.3 Å². The van der Waals surface area contributed by atoms with E-state index in [1.165, 1.54) is 18.4 Å². The van der Waals surface area contributed by atoms with Crippen LogP contribution in [0.4, 0.5) is 5.82 Å². The van der Waals surface area contributed by atoms with Crippen LogP contribution in [0.5, 0.6) is 0 Å². The topological polar surface area (TPSA) is 37.8 Å². The molecule has 2 aromatic rings. The molecule has 104 valence electrons. The van der Waals surface area contributed by atoms with Crippen molar-refractivity contribution in [2.45, 2.75) is 38.0 Å². The monoisotopic (exact) mass is 267 g/mol. The summed E-state index contributed by atoms with van der Waals surface area (Å²) in [5.41, 5.74) is 1.40. The number of aromatic nitrogens is 2. The maximum Gasteiger partial charge on any atom is 0.133 e. The van der Waals surface area contributed by atoms with Crippen LogP contribution in [0.25, 0.3) is 0 Å². The number of rotatable bonds is 6. The van der Waals surface area contributed by atoms with Gasteiger partial charge in [-0.25, -0.2) is 9.97 Å². The van der Waals surface area contributed by atoms with Crippen LogP contribution < -0.4 is 5.32 Å². The molecule has 1 aromatic heterocycles. The molecule has 3 heteroatoms. The Bertz CT molecular complexity index is 549. The first-order chi connectivity index (χ1) is 9.83. The van der Waals surface area contributed by atoms with Crippen molar-refractivity contribution in [3.63, 3.8) is 0 Å². The Kier molecular flexibility index (Phi) is 3.95. The highest BCUT2D eigenvalue weighted by Gasteiger charge is 2.26. The van der Waals surface area contributed by atoms with Crippen LogP contribution >= 0.6 is 0 Å². The minimum absolute atomic E-state index is 0.563. The molecule has 0 amide bonds. The predicted octanol–water partition coefficient (Wildman–Crippen LogP) is 3.96. The van der Waals surface area contributed by atoms with E-state index in [0.717, 1.165) is 24.6 Å². The first-order valence-corrected chi connectivity index (χ1v) is 7.44. The third kappa shape index (κ3) is 3.35. The highest BCUT2D eigenvalue weighted by atomic mass is 15.0. The third-order valence-corrected chi connectivity index (χ3v) is 3.87. The SMILES string of the molecule is CC(CCNc1ccnc(C2CC2)n1)c1ccccc1. The lowest BCUT2D eigenvalue weighted by molar-refractivity contribution is 0.704. The highest BCUT2D eigenvalue weighted by Crippen LogP contribution is 2.38. The van der Waals surface area contributed by atoms with Gasteiger partial charge in [0.2, 0.25) is 0 Å². The fourth-order valence-electron chi connectivity index (χ4n) is 2.38. The summed E-state index contributed by atoms with van der Waals surface area (Å²) < 4.78 is 0. The summed E-state index contributed by atoms with van der Waals surface area (Å²) in [5.74, 6) is 3.14. The molecule has 0 aliphatic heterocycles. The van der Waals surface area contributed by atoms with Crippen molar-refractivity contribution >= 4 is 5.82 Å². The van der Waals surface area contributed by atoms with Crippen LogP contribution in [-0.2, 0) is 0 Å². The molecule has 0 bridgehead atoms. The second-order valence-corrected chi connectivity index (χ2v) is 5.60. The van der Waals surface area contributed by atoms with E-state index in [1.54, 1.807) is 0 Å². The van der Waals surface area contributed by atoms with Crippen molar-refractivity contribution in [2.24, 2.45) is 0 Å². The molecule has 0 saturated heterocycles. The average Bonchev–Trinajstić information content (AvgIpc) is 3.33. The Hall–Kier alpha value is -1.90. The summed E-state index contributed by atoms with van der Waals surface area (Å²) in [6, 6.07) is 12.6. The van der Waals surface area contributed by atoms with Gasteiger partial charge in [0.25, 0.3) is 0 Å². The van der Waals surface area contributed by atoms with Crippen LogP contribution in [0.1, 0.15) is 49.4 Å². The molecule has 20 heavy (non-hydrogen) atoms. The molecular weight excluding hydrogens is 246 g/mol. The zero-order valence-electron chi connectivity index (χ0n) is 11.9. The molecule has 1 saturated carbocycles. The fourth-order valence-corrected chi connectivity index (χ4v) is 2.38. The van der Waals surface area contributed by atoms with Gasteiger partial charge < -0.3 is 5.32 Å². The maximum absolute atomic E-state index is 4.58. The molecule has 1 aromatic carbocycles. The molecule has 3 nitrogen and oxygen atoms in total. The standard InChI is InChI=1S/C17H21N3/c1-13(14-5-3-2-4-6-14)9-11-18-16-10-12-19-17(20-16)15-7-8-15/h2-6,10,12-13,15H,7-9,11H2,1H3,(H,18,19,20). The Balaban J connectivity index is 1.51. The zero-order valence-corrected chi connectivity index (χ0v) is 11.9. The second-order valence-electron chi connectivity index (χ2n) is 5.60. The van der Waals surface area contributed by atoms with Gasteiger partial charge in [-0.15, -0.1) is 0 Å². The quantitative estimate of drug-likeness (QED) is 0.861. The van der Waals surface area contributed by atoms with Crippen LogP contribution in [0.15, 0.2) is 42.6 Å². The second kappa shape index (κ2) is 6.04. The van der Waals surface area contributed by atoms with Crippen molar-refractivity contribution < 1.29 is 0 Å². The highest BCUT2D eigenvalue weighted by molar-refractivity contribution is 5.34. The van der Waals surface area contributed by atoms with Gasteiger partial charge >= 0.3 is 0 Å². The first-order valence-electron chi connectivity index (χ1n) is 7.44. The molecule has 1 aliphatic carbocycles. The first kappa shape index (κ1) is 13.1. The smallest absolute Gasteiger partial charge is 0.133 e. The fraction of sp³-hybridized carbons (Fsp3) is 0.412. The molecule has 0 radical (unpaired) electrons. The van der Waals surface area contributed by atoms with E-state index < -0.39 is 0 Å². The van der Waals surface area contributed by atoms with Crippen LogP contribution in [0, 0.1) is 0 Å². The minimum atomic E-state index is 0.563. The normalized spacial score (nSPS) is 15.8. The summed E-state index contributed by atoms with van der Waals surface area (Å²) in [6.07, 6.45) is 5.46. The maximum atomic E-state index is 4.58. The van der Waals surface area contributed by atoms with Crippen LogP contribution in [0.3, 0.4) is 0 Å². The summed E-state index contributed by atoms with van der Waals surface area (Å²) >= 11 is 0. The molecule has 1 unspecified atom stereocenters. The largest absolute Gasteiger partial charge is 0.370 e. The summed E-state index contributed by atoms with van der Waals surface area (Å²) in [5, 5.41) is 3.42. The predicted molar refractivity (Wildman–Crippen MR) is 82.0 cm³/mol. The molecule has 1 heterocycles. The molecule has 1 N–H and O–H groups in total. The van der Waals surface area contributed by atoms with E-state index in [4.69, 9.17) is 0 Å². The number of nitrogens with zero attached hydrogens (tertiary/aromatic N) is 2. The molecule has 1 aliphatic rings. The van der Waals surface area contributed by atoms with Gasteiger partial charge in [0.05, 0.1) is 0 Å². The molecule has 0 spiro atoms. The minimum Gasteiger partial charge on any atom is -0.370 e. The molecule has 1 atom stereocenters. The lowest BCUT2D eigenvalue weighted by Gasteiger charge is -2.13. The third-order valence-electron chi connectivity index (χ3n) is 3.87. The van der Waals surface area contributed by atoms with Crippen molar-refractivity contribution in [3.05, 3.63) is 54.0 Å². The van der Waals surface area contributed by atoms with E-state index >= 15 is 0 Å². The number of hydrogen-bond donors (Lipinski definition) is 1. The Morgan fingerprint density at radius 1 is 1.20 bits per heavy atom. The van der Waals surface area contributed by atoms with E-state index in [2.05, 4.69) is 52.5 Å². The average molecular weight is 267 g/mol. The Labute approximate surface area is 120 Å². The van der Waals surface area contributed by atoms with Gasteiger partial charge in [0.15, 0.2) is 0 Å². The number of benzene rings is 1. The number of hydrogen-bond acceptors (Lipinski definition) is 3. The van der Waals surface area contributed by atoms with Crippen LogP contribution in [0.2, 0.25) is 0 Å². The number of anilines is 1. The molecule has 3 rings (SSSR count). The Morgan fingerprint density at radius 2 is 2.00 bits per heavy atom.